The Kier molecular flexibility index (Phi) is 3.41. The van der Waals surface area contributed by atoms with Crippen molar-refractivity contribution < 1.29 is 23.1 Å². The molecule has 0 heterocycles. The van der Waals surface area contributed by atoms with Gasteiger partial charge in [0, 0.05) is 5.56 Å². The van der Waals surface area contributed by atoms with Crippen molar-refractivity contribution in [2.75, 3.05) is 0 Å². The summed E-state index contributed by atoms with van der Waals surface area (Å²) in [7, 11) is 0. The topological polar surface area (TPSA) is 63.3 Å². The van der Waals surface area contributed by atoms with Crippen molar-refractivity contribution >= 4 is 5.91 Å². The lowest BCUT2D eigenvalue weighted by atomic mass is 10.0. The van der Waals surface area contributed by atoms with Gasteiger partial charge in [0.05, 0.1) is 6.42 Å². The number of hydrogen-bond acceptors (Lipinski definition) is 2. The Morgan fingerprint density at radius 2 is 2.06 bits per heavy atom. The van der Waals surface area contributed by atoms with Gasteiger partial charge in [-0.25, -0.2) is 0 Å². The highest BCUT2D eigenvalue weighted by Crippen LogP contribution is 2.24. The minimum Gasteiger partial charge on any atom is -0.508 e. The highest BCUT2D eigenvalue weighted by Gasteiger charge is 2.27. The lowest BCUT2D eigenvalue weighted by Crippen LogP contribution is -2.16. The third-order valence-corrected chi connectivity index (χ3v) is 1.91. The number of carbonyl (C=O) groups excluding carboxylic acids is 1. The maximum Gasteiger partial charge on any atom is 0.392 e. The molecule has 6 heteroatoms. The summed E-state index contributed by atoms with van der Waals surface area (Å²) in [4.78, 5) is 10.9. The maximum atomic E-state index is 11.9. The van der Waals surface area contributed by atoms with Crippen LogP contribution in [0.4, 0.5) is 13.2 Å². The zero-order valence-electron chi connectivity index (χ0n) is 8.08. The zero-order valence-corrected chi connectivity index (χ0v) is 8.08. The van der Waals surface area contributed by atoms with E-state index in [1.54, 1.807) is 0 Å². The molecular formula is C10H9F3NO2. The SMILES string of the molecule is NC(=O)c1cc(O)ccc1C[CH]C(F)(F)F. The molecule has 0 aliphatic rings. The number of phenolic OH excluding ortho intramolecular Hbond substituents is 1. The fourth-order valence-electron chi connectivity index (χ4n) is 1.20. The lowest BCUT2D eigenvalue weighted by molar-refractivity contribution is -0.0973. The van der Waals surface area contributed by atoms with Crippen LogP contribution < -0.4 is 5.73 Å². The normalized spacial score (nSPS) is 11.4. The second kappa shape index (κ2) is 4.42. The highest BCUT2D eigenvalue weighted by molar-refractivity contribution is 5.94. The summed E-state index contributed by atoms with van der Waals surface area (Å²) in [5.74, 6) is -1.09. The lowest BCUT2D eigenvalue weighted by Gasteiger charge is -2.09. The Balaban J connectivity index is 2.91. The van der Waals surface area contributed by atoms with Crippen molar-refractivity contribution in [2.45, 2.75) is 12.6 Å². The van der Waals surface area contributed by atoms with E-state index in [-0.39, 0.29) is 23.3 Å². The van der Waals surface area contributed by atoms with Crippen LogP contribution in [0.5, 0.6) is 5.75 Å². The molecule has 0 fully saturated rings. The maximum absolute atomic E-state index is 11.9. The quantitative estimate of drug-likeness (QED) is 0.834. The standard InChI is InChI=1S/C10H9F3NO2/c11-10(12,13)4-3-6-1-2-7(15)5-8(6)9(14)16/h1-2,4-5,15H,3H2,(H2,14,16). The molecule has 0 unspecified atom stereocenters. The van der Waals surface area contributed by atoms with Crippen LogP contribution in [0.15, 0.2) is 18.2 Å². The molecule has 3 nitrogen and oxygen atoms in total. The molecule has 0 saturated carbocycles. The van der Waals surface area contributed by atoms with Crippen LogP contribution >= 0.6 is 0 Å². The molecule has 1 aromatic carbocycles. The zero-order chi connectivity index (χ0) is 12.3. The van der Waals surface area contributed by atoms with E-state index in [1.165, 1.54) is 12.1 Å². The average molecular weight is 232 g/mol. The van der Waals surface area contributed by atoms with E-state index in [1.807, 2.05) is 0 Å². The van der Waals surface area contributed by atoms with E-state index >= 15 is 0 Å². The molecular weight excluding hydrogens is 223 g/mol. The van der Waals surface area contributed by atoms with Crippen LogP contribution in [-0.4, -0.2) is 17.2 Å². The van der Waals surface area contributed by atoms with Gasteiger partial charge in [0.2, 0.25) is 5.91 Å². The fourth-order valence-corrected chi connectivity index (χ4v) is 1.20. The number of aromatic hydroxyl groups is 1. The summed E-state index contributed by atoms with van der Waals surface area (Å²) in [6.07, 6.45) is -4.75. The molecule has 3 N–H and O–H groups in total. The van der Waals surface area contributed by atoms with Crippen molar-refractivity contribution in [3.05, 3.63) is 35.7 Å². The number of primary amides is 1. The number of alkyl halides is 3. The van der Waals surface area contributed by atoms with Gasteiger partial charge < -0.3 is 10.8 Å². The van der Waals surface area contributed by atoms with Crippen LogP contribution in [0.2, 0.25) is 0 Å². The second-order valence-electron chi connectivity index (χ2n) is 3.16. The molecule has 87 valence electrons. The molecule has 0 aliphatic carbocycles. The summed E-state index contributed by atoms with van der Waals surface area (Å²) in [6.45, 7) is 0. The molecule has 0 aliphatic heterocycles. The Morgan fingerprint density at radius 1 is 1.44 bits per heavy atom. The van der Waals surface area contributed by atoms with Crippen molar-refractivity contribution in [3.63, 3.8) is 0 Å². The second-order valence-corrected chi connectivity index (χ2v) is 3.16. The van der Waals surface area contributed by atoms with E-state index < -0.39 is 18.5 Å². The predicted octanol–water partition coefficient (Wildman–Crippen LogP) is 1.80. The van der Waals surface area contributed by atoms with E-state index in [0.29, 0.717) is 0 Å². The smallest absolute Gasteiger partial charge is 0.392 e. The van der Waals surface area contributed by atoms with Crippen LogP contribution in [-0.2, 0) is 6.42 Å². The number of hydrogen-bond donors (Lipinski definition) is 2. The Bertz CT molecular complexity index is 402. The first kappa shape index (κ1) is 12.4. The molecule has 1 radical (unpaired) electrons. The van der Waals surface area contributed by atoms with E-state index in [9.17, 15) is 18.0 Å². The molecule has 1 aromatic rings. The van der Waals surface area contributed by atoms with Crippen LogP contribution in [0.25, 0.3) is 0 Å². The van der Waals surface area contributed by atoms with Gasteiger partial charge in [0.1, 0.15) is 5.75 Å². The van der Waals surface area contributed by atoms with E-state index in [4.69, 9.17) is 10.8 Å². The number of carbonyl (C=O) groups is 1. The molecule has 1 amide bonds. The van der Waals surface area contributed by atoms with E-state index in [2.05, 4.69) is 0 Å². The number of benzene rings is 1. The molecule has 0 bridgehead atoms. The van der Waals surface area contributed by atoms with Crippen LogP contribution in [0.1, 0.15) is 15.9 Å². The third-order valence-electron chi connectivity index (χ3n) is 1.91. The monoisotopic (exact) mass is 232 g/mol. The number of rotatable bonds is 3. The summed E-state index contributed by atoms with van der Waals surface area (Å²) in [5, 5.41) is 9.07. The molecule has 1 rings (SSSR count). The number of phenols is 1. The van der Waals surface area contributed by atoms with Gasteiger partial charge in [-0.1, -0.05) is 6.07 Å². The van der Waals surface area contributed by atoms with Crippen LogP contribution in [0, 0.1) is 6.42 Å². The molecule has 0 aromatic heterocycles. The Hall–Kier alpha value is -1.72. The summed E-state index contributed by atoms with van der Waals surface area (Å²) in [6, 6.07) is 3.48. The van der Waals surface area contributed by atoms with Crippen molar-refractivity contribution in [3.8, 4) is 5.75 Å². The number of nitrogens with two attached hydrogens (primary N) is 1. The van der Waals surface area contributed by atoms with Gasteiger partial charge in [0.25, 0.3) is 0 Å². The fraction of sp³-hybridized carbons (Fsp3) is 0.200. The first-order valence-electron chi connectivity index (χ1n) is 4.32. The first-order valence-corrected chi connectivity index (χ1v) is 4.32. The Morgan fingerprint density at radius 3 is 2.56 bits per heavy atom. The minimum atomic E-state index is -4.41. The first-order chi connectivity index (χ1) is 7.29. The molecule has 0 saturated heterocycles. The van der Waals surface area contributed by atoms with Gasteiger partial charge in [0.15, 0.2) is 0 Å². The number of amides is 1. The van der Waals surface area contributed by atoms with Crippen molar-refractivity contribution in [2.24, 2.45) is 5.73 Å². The molecule has 0 spiro atoms. The minimum absolute atomic E-state index is 0.111. The van der Waals surface area contributed by atoms with E-state index in [0.717, 1.165) is 6.07 Å². The Labute approximate surface area is 89.7 Å². The largest absolute Gasteiger partial charge is 0.508 e. The van der Waals surface area contributed by atoms with Gasteiger partial charge in [-0.15, -0.1) is 0 Å². The summed E-state index contributed by atoms with van der Waals surface area (Å²) < 4.78 is 35.8. The van der Waals surface area contributed by atoms with Gasteiger partial charge in [-0.05, 0) is 24.1 Å². The molecule has 0 atom stereocenters. The molecule has 16 heavy (non-hydrogen) atoms. The van der Waals surface area contributed by atoms with Gasteiger partial charge in [-0.3, -0.25) is 4.79 Å². The number of halogens is 3. The summed E-state index contributed by atoms with van der Waals surface area (Å²) in [5.41, 5.74) is 4.99. The van der Waals surface area contributed by atoms with Gasteiger partial charge in [-0.2, -0.15) is 13.2 Å². The van der Waals surface area contributed by atoms with Crippen molar-refractivity contribution in [1.29, 1.82) is 0 Å². The van der Waals surface area contributed by atoms with Gasteiger partial charge >= 0.3 is 6.18 Å². The highest BCUT2D eigenvalue weighted by atomic mass is 19.4. The third kappa shape index (κ3) is 3.45. The average Bonchev–Trinajstić information content (AvgIpc) is 2.14. The summed E-state index contributed by atoms with van der Waals surface area (Å²) >= 11 is 0. The predicted molar refractivity (Wildman–Crippen MR) is 50.7 cm³/mol. The van der Waals surface area contributed by atoms with Crippen LogP contribution in [0.3, 0.4) is 0 Å². The van der Waals surface area contributed by atoms with Crippen molar-refractivity contribution in [1.82, 2.24) is 0 Å².